The van der Waals surface area contributed by atoms with Crippen LogP contribution in [-0.2, 0) is 19.1 Å². The minimum atomic E-state index is -0.456. The van der Waals surface area contributed by atoms with E-state index in [4.69, 9.17) is 4.74 Å². The van der Waals surface area contributed by atoms with Crippen molar-refractivity contribution in [3.05, 3.63) is 53.6 Å². The zero-order chi connectivity index (χ0) is 19.8. The van der Waals surface area contributed by atoms with Crippen molar-refractivity contribution in [3.8, 4) is 0 Å². The Morgan fingerprint density at radius 2 is 1.70 bits per heavy atom. The fourth-order valence-electron chi connectivity index (χ4n) is 2.26. The first-order chi connectivity index (χ1) is 12.8. The fourth-order valence-corrected chi connectivity index (χ4v) is 3.18. The van der Waals surface area contributed by atoms with E-state index in [1.54, 1.807) is 24.3 Å². The topological polar surface area (TPSA) is 84.5 Å². The van der Waals surface area contributed by atoms with Gasteiger partial charge in [-0.1, -0.05) is 23.8 Å². The molecule has 2 N–H and O–H groups in total. The SMILES string of the molecule is CC(=O)Nc1cccc(NC(=O)COC(=O)CSc2cc(C)ccc2C)c1. The standard InChI is InChI=1S/C20H22N2O4S/c1-13-7-8-14(2)18(9-13)27-12-20(25)26-11-19(24)22-17-6-4-5-16(10-17)21-15(3)23/h4-10H,11-12H2,1-3H3,(H,21,23)(H,22,24). The van der Waals surface area contributed by atoms with Crippen LogP contribution in [-0.4, -0.2) is 30.1 Å². The van der Waals surface area contributed by atoms with E-state index in [1.165, 1.54) is 18.7 Å². The third-order valence-electron chi connectivity index (χ3n) is 3.52. The number of hydrogen-bond donors (Lipinski definition) is 2. The summed E-state index contributed by atoms with van der Waals surface area (Å²) in [5.41, 5.74) is 3.29. The lowest BCUT2D eigenvalue weighted by molar-refractivity contribution is -0.144. The summed E-state index contributed by atoms with van der Waals surface area (Å²) in [6, 6.07) is 12.8. The molecule has 2 aromatic rings. The molecule has 0 fully saturated rings. The van der Waals surface area contributed by atoms with Gasteiger partial charge in [0.1, 0.15) is 0 Å². The van der Waals surface area contributed by atoms with Crippen LogP contribution in [0.4, 0.5) is 11.4 Å². The summed E-state index contributed by atoms with van der Waals surface area (Å²) < 4.78 is 5.02. The highest BCUT2D eigenvalue weighted by Crippen LogP contribution is 2.23. The Labute approximate surface area is 162 Å². The second-order valence-corrected chi connectivity index (χ2v) is 7.05. The van der Waals surface area contributed by atoms with E-state index in [-0.39, 0.29) is 18.3 Å². The van der Waals surface area contributed by atoms with Crippen molar-refractivity contribution in [2.45, 2.75) is 25.7 Å². The van der Waals surface area contributed by atoms with E-state index in [0.29, 0.717) is 11.4 Å². The maximum atomic E-state index is 11.9. The van der Waals surface area contributed by atoms with Crippen molar-refractivity contribution in [1.82, 2.24) is 0 Å². The van der Waals surface area contributed by atoms with E-state index < -0.39 is 11.9 Å². The van der Waals surface area contributed by atoms with Crippen molar-refractivity contribution in [1.29, 1.82) is 0 Å². The molecule has 27 heavy (non-hydrogen) atoms. The van der Waals surface area contributed by atoms with Gasteiger partial charge in [-0.05, 0) is 43.7 Å². The highest BCUT2D eigenvalue weighted by Gasteiger charge is 2.10. The lowest BCUT2D eigenvalue weighted by Crippen LogP contribution is -2.21. The second-order valence-electron chi connectivity index (χ2n) is 6.03. The Bertz CT molecular complexity index is 852. The Hall–Kier alpha value is -2.80. The smallest absolute Gasteiger partial charge is 0.316 e. The van der Waals surface area contributed by atoms with Crippen molar-refractivity contribution in [2.24, 2.45) is 0 Å². The van der Waals surface area contributed by atoms with Crippen molar-refractivity contribution < 1.29 is 19.1 Å². The first-order valence-corrected chi connectivity index (χ1v) is 9.35. The van der Waals surface area contributed by atoms with Gasteiger partial charge in [0.25, 0.3) is 5.91 Å². The monoisotopic (exact) mass is 386 g/mol. The molecule has 2 rings (SSSR count). The van der Waals surface area contributed by atoms with Crippen LogP contribution >= 0.6 is 11.8 Å². The minimum Gasteiger partial charge on any atom is -0.455 e. The van der Waals surface area contributed by atoms with E-state index in [0.717, 1.165) is 16.0 Å². The number of amides is 2. The van der Waals surface area contributed by atoms with Crippen LogP contribution < -0.4 is 10.6 Å². The molecule has 0 spiro atoms. The number of carbonyl (C=O) groups excluding carboxylic acids is 3. The molecule has 2 amide bonds. The van der Waals surface area contributed by atoms with Gasteiger partial charge in [0.2, 0.25) is 5.91 Å². The lowest BCUT2D eigenvalue weighted by atomic mass is 10.2. The highest BCUT2D eigenvalue weighted by molar-refractivity contribution is 8.00. The number of ether oxygens (including phenoxy) is 1. The van der Waals surface area contributed by atoms with Gasteiger partial charge in [-0.2, -0.15) is 0 Å². The van der Waals surface area contributed by atoms with Crippen molar-refractivity contribution in [3.63, 3.8) is 0 Å². The predicted molar refractivity (Wildman–Crippen MR) is 107 cm³/mol. The normalized spacial score (nSPS) is 10.2. The molecule has 0 aliphatic carbocycles. The number of rotatable bonds is 7. The average molecular weight is 386 g/mol. The van der Waals surface area contributed by atoms with Crippen molar-refractivity contribution >= 4 is 40.9 Å². The predicted octanol–water partition coefficient (Wildman–Crippen LogP) is 3.54. The maximum absolute atomic E-state index is 11.9. The Morgan fingerprint density at radius 3 is 2.41 bits per heavy atom. The third-order valence-corrected chi connectivity index (χ3v) is 4.65. The summed E-state index contributed by atoms with van der Waals surface area (Å²) in [6.45, 7) is 5.01. The quantitative estimate of drug-likeness (QED) is 0.562. The summed E-state index contributed by atoms with van der Waals surface area (Å²) in [7, 11) is 0. The summed E-state index contributed by atoms with van der Waals surface area (Å²) in [4.78, 5) is 35.9. The van der Waals surface area contributed by atoms with Crippen molar-refractivity contribution in [2.75, 3.05) is 23.0 Å². The molecule has 0 unspecified atom stereocenters. The summed E-state index contributed by atoms with van der Waals surface area (Å²) >= 11 is 1.39. The molecule has 0 atom stereocenters. The van der Waals surface area contributed by atoms with Gasteiger partial charge in [0.15, 0.2) is 6.61 Å². The molecule has 0 aliphatic rings. The number of benzene rings is 2. The molecule has 0 radical (unpaired) electrons. The van der Waals surface area contributed by atoms with Gasteiger partial charge in [-0.3, -0.25) is 14.4 Å². The van der Waals surface area contributed by atoms with E-state index in [2.05, 4.69) is 10.6 Å². The second kappa shape index (κ2) is 9.78. The zero-order valence-corrected chi connectivity index (χ0v) is 16.3. The first-order valence-electron chi connectivity index (χ1n) is 8.36. The van der Waals surface area contributed by atoms with Gasteiger partial charge in [0.05, 0.1) is 5.75 Å². The van der Waals surface area contributed by atoms with Crippen LogP contribution in [0.25, 0.3) is 0 Å². The van der Waals surface area contributed by atoms with Crippen LogP contribution in [0.1, 0.15) is 18.1 Å². The molecule has 7 heteroatoms. The van der Waals surface area contributed by atoms with Gasteiger partial charge >= 0.3 is 5.97 Å². The molecule has 0 saturated carbocycles. The van der Waals surface area contributed by atoms with Gasteiger partial charge in [-0.15, -0.1) is 11.8 Å². The Kier molecular flexibility index (Phi) is 7.43. The number of thioether (sulfide) groups is 1. The number of esters is 1. The summed E-state index contributed by atoms with van der Waals surface area (Å²) in [5, 5.41) is 5.26. The number of aryl methyl sites for hydroxylation is 2. The van der Waals surface area contributed by atoms with Gasteiger partial charge in [-0.25, -0.2) is 0 Å². The third kappa shape index (κ3) is 7.15. The lowest BCUT2D eigenvalue weighted by Gasteiger charge is -2.09. The van der Waals surface area contributed by atoms with Crippen LogP contribution in [0.3, 0.4) is 0 Å². The number of hydrogen-bond acceptors (Lipinski definition) is 5. The number of carbonyl (C=O) groups is 3. The molecule has 142 valence electrons. The zero-order valence-electron chi connectivity index (χ0n) is 15.5. The van der Waals surface area contributed by atoms with E-state index >= 15 is 0 Å². The van der Waals surface area contributed by atoms with Crippen LogP contribution in [0.15, 0.2) is 47.4 Å². The van der Waals surface area contributed by atoms with Crippen LogP contribution in [0.2, 0.25) is 0 Å². The van der Waals surface area contributed by atoms with Crippen LogP contribution in [0.5, 0.6) is 0 Å². The van der Waals surface area contributed by atoms with Gasteiger partial charge < -0.3 is 15.4 Å². The molecule has 0 heterocycles. The number of anilines is 2. The first kappa shape index (κ1) is 20.5. The number of nitrogens with one attached hydrogen (secondary N) is 2. The molecule has 6 nitrogen and oxygen atoms in total. The van der Waals surface area contributed by atoms with Gasteiger partial charge in [0, 0.05) is 23.2 Å². The minimum absolute atomic E-state index is 0.135. The molecule has 0 aliphatic heterocycles. The van der Waals surface area contributed by atoms with E-state index in [1.807, 2.05) is 32.0 Å². The molecular formula is C20H22N2O4S. The summed E-state index contributed by atoms with van der Waals surface area (Å²) in [6.07, 6.45) is 0. The van der Waals surface area contributed by atoms with E-state index in [9.17, 15) is 14.4 Å². The Balaban J connectivity index is 1.78. The maximum Gasteiger partial charge on any atom is 0.316 e. The largest absolute Gasteiger partial charge is 0.455 e. The molecule has 0 aromatic heterocycles. The average Bonchev–Trinajstić information content (AvgIpc) is 2.60. The summed E-state index contributed by atoms with van der Waals surface area (Å²) in [5.74, 6) is -0.966. The molecule has 0 saturated heterocycles. The molecule has 2 aromatic carbocycles. The molecule has 0 bridgehead atoms. The highest BCUT2D eigenvalue weighted by atomic mass is 32.2. The Morgan fingerprint density at radius 1 is 1.00 bits per heavy atom. The molecular weight excluding hydrogens is 364 g/mol. The van der Waals surface area contributed by atoms with Crippen LogP contribution in [0, 0.1) is 13.8 Å². The fraction of sp³-hybridized carbons (Fsp3) is 0.250.